The lowest BCUT2D eigenvalue weighted by Crippen LogP contribution is -2.30. The van der Waals surface area contributed by atoms with Gasteiger partial charge in [0.25, 0.3) is 0 Å². The lowest BCUT2D eigenvalue weighted by Gasteiger charge is -2.18. The molecule has 0 amide bonds. The molecule has 0 radical (unpaired) electrons. The molecule has 0 aromatic carbocycles. The van der Waals surface area contributed by atoms with Crippen LogP contribution >= 0.6 is 0 Å². The molecule has 0 aliphatic carbocycles. The minimum Gasteiger partial charge on any atom is -0.462 e. The molecular weight excluding hydrogens is 997 g/mol. The van der Waals surface area contributed by atoms with Gasteiger partial charge in [0.1, 0.15) is 13.2 Å². The van der Waals surface area contributed by atoms with E-state index >= 15 is 0 Å². The summed E-state index contributed by atoms with van der Waals surface area (Å²) in [5, 5.41) is 0. The molecule has 468 valence electrons. The maximum Gasteiger partial charge on any atom is 0.306 e. The fraction of sp³-hybridized carbons (Fsp3) is 0.773. The SMILES string of the molecule is CC/C=C\C/C=C\C/C=C\C/C=C\C/C=C\CCCCCCCCCCCC(=O)OCC(COC(=O)CCCCCCCCCCCCCCC)OC(=O)CCCCCCCCCCCCCCC/C=C\C/C=C\CCCCCCC. The Morgan fingerprint density at radius 2 is 0.481 bits per heavy atom. The second-order valence-electron chi connectivity index (χ2n) is 23.4. The monoisotopic (exact) mass is 1130 g/mol. The summed E-state index contributed by atoms with van der Waals surface area (Å²) in [6.45, 7) is 6.56. The summed E-state index contributed by atoms with van der Waals surface area (Å²) in [6.07, 6.45) is 91.7. The number of esters is 3. The molecule has 0 fully saturated rings. The van der Waals surface area contributed by atoms with E-state index in [1.54, 1.807) is 0 Å². The van der Waals surface area contributed by atoms with Gasteiger partial charge in [0.15, 0.2) is 6.10 Å². The van der Waals surface area contributed by atoms with Crippen LogP contribution in [0.15, 0.2) is 85.1 Å². The van der Waals surface area contributed by atoms with Gasteiger partial charge >= 0.3 is 17.9 Å². The van der Waals surface area contributed by atoms with E-state index in [9.17, 15) is 14.4 Å². The Hall–Kier alpha value is -3.41. The van der Waals surface area contributed by atoms with Crippen LogP contribution < -0.4 is 0 Å². The predicted octanol–water partition coefficient (Wildman–Crippen LogP) is 24.2. The minimum absolute atomic E-state index is 0.0745. The first-order chi connectivity index (χ1) is 40.0. The lowest BCUT2D eigenvalue weighted by molar-refractivity contribution is -0.167. The summed E-state index contributed by atoms with van der Waals surface area (Å²) in [7, 11) is 0. The fourth-order valence-corrected chi connectivity index (χ4v) is 10.2. The molecule has 0 aromatic rings. The van der Waals surface area contributed by atoms with Gasteiger partial charge < -0.3 is 14.2 Å². The maximum atomic E-state index is 13.0. The molecule has 0 saturated carbocycles. The summed E-state index contributed by atoms with van der Waals surface area (Å²) in [6, 6.07) is 0. The van der Waals surface area contributed by atoms with Crippen molar-refractivity contribution in [2.24, 2.45) is 0 Å². The highest BCUT2D eigenvalue weighted by Crippen LogP contribution is 2.17. The van der Waals surface area contributed by atoms with E-state index in [-0.39, 0.29) is 31.1 Å². The Bertz CT molecular complexity index is 1530. The van der Waals surface area contributed by atoms with Crippen LogP contribution in [-0.2, 0) is 28.6 Å². The van der Waals surface area contributed by atoms with Gasteiger partial charge in [-0.2, -0.15) is 0 Å². The number of carbonyl (C=O) groups is 3. The zero-order valence-electron chi connectivity index (χ0n) is 53.8. The van der Waals surface area contributed by atoms with Crippen molar-refractivity contribution >= 4 is 17.9 Å². The van der Waals surface area contributed by atoms with Crippen LogP contribution in [0.1, 0.15) is 355 Å². The number of hydrogen-bond donors (Lipinski definition) is 0. The summed E-state index contributed by atoms with van der Waals surface area (Å²) < 4.78 is 17.0. The molecule has 0 spiro atoms. The topological polar surface area (TPSA) is 78.9 Å². The van der Waals surface area contributed by atoms with Gasteiger partial charge in [0.05, 0.1) is 0 Å². The van der Waals surface area contributed by atoms with Gasteiger partial charge in [0.2, 0.25) is 0 Å². The zero-order chi connectivity index (χ0) is 58.5. The van der Waals surface area contributed by atoms with Crippen LogP contribution in [0, 0.1) is 0 Å². The van der Waals surface area contributed by atoms with Gasteiger partial charge in [-0.3, -0.25) is 14.4 Å². The molecule has 81 heavy (non-hydrogen) atoms. The largest absolute Gasteiger partial charge is 0.462 e. The van der Waals surface area contributed by atoms with E-state index in [0.717, 1.165) is 103 Å². The highest BCUT2D eigenvalue weighted by atomic mass is 16.6. The average molecular weight is 1130 g/mol. The number of ether oxygens (including phenoxy) is 3. The smallest absolute Gasteiger partial charge is 0.306 e. The summed E-state index contributed by atoms with van der Waals surface area (Å²) in [5.74, 6) is -0.863. The second kappa shape index (κ2) is 69.1. The van der Waals surface area contributed by atoms with E-state index in [1.807, 2.05) is 0 Å². The van der Waals surface area contributed by atoms with Gasteiger partial charge in [0, 0.05) is 19.3 Å². The number of unbranched alkanes of at least 4 members (excludes halogenated alkanes) is 39. The van der Waals surface area contributed by atoms with Crippen molar-refractivity contribution in [3.8, 4) is 0 Å². The second-order valence-corrected chi connectivity index (χ2v) is 23.4. The average Bonchev–Trinajstić information content (AvgIpc) is 3.46. The Labute approximate surface area is 503 Å². The molecule has 1 atom stereocenters. The Morgan fingerprint density at radius 1 is 0.259 bits per heavy atom. The third-order valence-electron chi connectivity index (χ3n) is 15.4. The third kappa shape index (κ3) is 67.3. The zero-order valence-corrected chi connectivity index (χ0v) is 53.8. The van der Waals surface area contributed by atoms with Crippen molar-refractivity contribution in [1.29, 1.82) is 0 Å². The van der Waals surface area contributed by atoms with Crippen LogP contribution in [-0.4, -0.2) is 37.2 Å². The van der Waals surface area contributed by atoms with Crippen molar-refractivity contribution in [1.82, 2.24) is 0 Å². The quantitative estimate of drug-likeness (QED) is 0.0261. The van der Waals surface area contributed by atoms with E-state index in [0.29, 0.717) is 19.3 Å². The van der Waals surface area contributed by atoms with Gasteiger partial charge in [-0.1, -0.05) is 324 Å². The molecule has 6 heteroatoms. The Morgan fingerprint density at radius 3 is 0.753 bits per heavy atom. The number of rotatable bonds is 64. The van der Waals surface area contributed by atoms with Gasteiger partial charge in [-0.25, -0.2) is 0 Å². The number of carbonyl (C=O) groups excluding carboxylic acids is 3. The molecule has 0 aliphatic rings. The Balaban J connectivity index is 4.29. The van der Waals surface area contributed by atoms with Crippen LogP contribution in [0.4, 0.5) is 0 Å². The van der Waals surface area contributed by atoms with Crippen molar-refractivity contribution in [3.63, 3.8) is 0 Å². The van der Waals surface area contributed by atoms with E-state index in [2.05, 4.69) is 106 Å². The standard InChI is InChI=1S/C75H132O6/c1-4-7-10-13-16-19-22-25-27-29-31-33-35-37-39-41-43-45-47-50-53-56-59-62-65-68-74(77)80-71-72(70-79-73(76)67-64-61-58-55-52-49-24-21-18-15-12-9-6-3)81-75(78)69-66-63-60-57-54-51-48-46-44-42-40-38-36-34-32-30-28-26-23-20-17-14-11-8-5-2/h7,10,16,19,23,25-27,30-33,37,39,72H,4-6,8-9,11-15,17-18,20-22,24,28-29,34-36,38,40-71H2,1-3H3/b10-7-,19-16-,26-23-,27-25-,32-30-,33-31-,39-37-. The van der Waals surface area contributed by atoms with Crippen LogP contribution in [0.5, 0.6) is 0 Å². The fourth-order valence-electron chi connectivity index (χ4n) is 10.2. The molecule has 0 rings (SSSR count). The highest BCUT2D eigenvalue weighted by molar-refractivity contribution is 5.71. The first kappa shape index (κ1) is 77.6. The summed E-state index contributed by atoms with van der Waals surface area (Å²) in [4.78, 5) is 38.4. The van der Waals surface area contributed by atoms with Crippen LogP contribution in [0.25, 0.3) is 0 Å². The molecule has 1 unspecified atom stereocenters. The van der Waals surface area contributed by atoms with Gasteiger partial charge in [-0.05, 0) is 96.3 Å². The molecule has 0 heterocycles. The molecule has 6 nitrogen and oxygen atoms in total. The summed E-state index contributed by atoms with van der Waals surface area (Å²) >= 11 is 0. The van der Waals surface area contributed by atoms with E-state index < -0.39 is 6.10 Å². The normalized spacial score (nSPS) is 12.6. The number of hydrogen-bond acceptors (Lipinski definition) is 6. The van der Waals surface area contributed by atoms with Gasteiger partial charge in [-0.15, -0.1) is 0 Å². The lowest BCUT2D eigenvalue weighted by atomic mass is 10.0. The first-order valence-corrected chi connectivity index (χ1v) is 35.1. The molecular formula is C75H132O6. The van der Waals surface area contributed by atoms with Crippen molar-refractivity contribution in [3.05, 3.63) is 85.1 Å². The predicted molar refractivity (Wildman–Crippen MR) is 353 cm³/mol. The minimum atomic E-state index is -0.779. The number of allylic oxidation sites excluding steroid dienone is 14. The van der Waals surface area contributed by atoms with Crippen molar-refractivity contribution in [2.75, 3.05) is 13.2 Å². The van der Waals surface area contributed by atoms with Crippen LogP contribution in [0.3, 0.4) is 0 Å². The molecule has 0 aromatic heterocycles. The first-order valence-electron chi connectivity index (χ1n) is 35.1. The molecule has 0 saturated heterocycles. The van der Waals surface area contributed by atoms with Crippen molar-refractivity contribution in [2.45, 2.75) is 361 Å². The van der Waals surface area contributed by atoms with E-state index in [1.165, 1.54) is 212 Å². The molecule has 0 bridgehead atoms. The van der Waals surface area contributed by atoms with Crippen molar-refractivity contribution < 1.29 is 28.6 Å². The maximum absolute atomic E-state index is 13.0. The van der Waals surface area contributed by atoms with Crippen LogP contribution in [0.2, 0.25) is 0 Å². The molecule has 0 N–H and O–H groups in total. The van der Waals surface area contributed by atoms with E-state index in [4.69, 9.17) is 14.2 Å². The highest BCUT2D eigenvalue weighted by Gasteiger charge is 2.19. The third-order valence-corrected chi connectivity index (χ3v) is 15.4. The summed E-state index contributed by atoms with van der Waals surface area (Å²) in [5.41, 5.74) is 0. The Kier molecular flexibility index (Phi) is 66.2. The molecule has 0 aliphatic heterocycles.